The Morgan fingerprint density at radius 2 is 2.27 bits per heavy atom. The van der Waals surface area contributed by atoms with E-state index in [1.165, 1.54) is 0 Å². The van der Waals surface area contributed by atoms with Gasteiger partial charge in [-0.1, -0.05) is 0 Å². The first-order valence-corrected chi connectivity index (χ1v) is 4.73. The third-order valence-corrected chi connectivity index (χ3v) is 2.79. The van der Waals surface area contributed by atoms with Gasteiger partial charge in [0.05, 0.1) is 15.7 Å². The summed E-state index contributed by atoms with van der Waals surface area (Å²) in [7, 11) is 0. The van der Waals surface area contributed by atoms with Crippen molar-refractivity contribution < 1.29 is 0 Å². The third kappa shape index (κ3) is 1.12. The van der Waals surface area contributed by atoms with Gasteiger partial charge in [0.2, 0.25) is 0 Å². The largest absolute Gasteiger partial charge is 0.399 e. The van der Waals surface area contributed by atoms with Gasteiger partial charge >= 0.3 is 0 Å². The second kappa shape index (κ2) is 2.46. The van der Waals surface area contributed by atoms with E-state index in [9.17, 15) is 0 Å². The first-order valence-electron chi connectivity index (χ1n) is 3.05. The van der Waals surface area contributed by atoms with Gasteiger partial charge in [-0.05, 0) is 28.1 Å². The number of anilines is 1. The number of aromatic nitrogens is 1. The molecule has 0 aliphatic carbocycles. The maximum atomic E-state index is 5.63. The van der Waals surface area contributed by atoms with Gasteiger partial charge in [0.15, 0.2) is 0 Å². The molecule has 1 aromatic carbocycles. The minimum Gasteiger partial charge on any atom is -0.399 e. The predicted molar refractivity (Wildman–Crippen MR) is 51.7 cm³/mol. The van der Waals surface area contributed by atoms with Gasteiger partial charge in [0, 0.05) is 10.2 Å². The van der Waals surface area contributed by atoms with E-state index < -0.39 is 0 Å². The van der Waals surface area contributed by atoms with Crippen molar-refractivity contribution in [3.8, 4) is 0 Å². The van der Waals surface area contributed by atoms with E-state index >= 15 is 0 Å². The number of nitrogen functional groups attached to an aromatic ring is 1. The Labute approximate surface area is 76.2 Å². The zero-order valence-electron chi connectivity index (χ0n) is 5.54. The summed E-state index contributed by atoms with van der Waals surface area (Å²) in [6.07, 6.45) is 0. The lowest BCUT2D eigenvalue weighted by Crippen LogP contribution is -1.83. The summed E-state index contributed by atoms with van der Waals surface area (Å²) >= 11 is 4.99. The highest BCUT2D eigenvalue weighted by Gasteiger charge is 2.01. The SMILES string of the molecule is Nc1cc(Br)c2ncsc2c1. The van der Waals surface area contributed by atoms with Gasteiger partial charge in [-0.15, -0.1) is 11.3 Å². The van der Waals surface area contributed by atoms with E-state index in [1.54, 1.807) is 11.3 Å². The topological polar surface area (TPSA) is 38.9 Å². The smallest absolute Gasteiger partial charge is 0.0955 e. The molecule has 0 aliphatic rings. The van der Waals surface area contributed by atoms with E-state index in [4.69, 9.17) is 5.73 Å². The van der Waals surface area contributed by atoms with E-state index in [0.29, 0.717) is 0 Å². The van der Waals surface area contributed by atoms with Crippen LogP contribution in [-0.4, -0.2) is 4.98 Å². The lowest BCUT2D eigenvalue weighted by Gasteiger charge is -1.94. The van der Waals surface area contributed by atoms with Gasteiger partial charge < -0.3 is 5.73 Å². The molecule has 0 aliphatic heterocycles. The molecule has 56 valence electrons. The summed E-state index contributed by atoms with van der Waals surface area (Å²) in [5.74, 6) is 0. The van der Waals surface area contributed by atoms with Crippen molar-refractivity contribution >= 4 is 43.2 Å². The Hall–Kier alpha value is -0.610. The van der Waals surface area contributed by atoms with Gasteiger partial charge in [-0.3, -0.25) is 0 Å². The van der Waals surface area contributed by atoms with Crippen LogP contribution in [0.15, 0.2) is 22.1 Å². The summed E-state index contributed by atoms with van der Waals surface area (Å²) in [6.45, 7) is 0. The number of benzene rings is 1. The van der Waals surface area contributed by atoms with Crippen LogP contribution < -0.4 is 5.73 Å². The third-order valence-electron chi connectivity index (χ3n) is 1.41. The standard InChI is InChI=1S/C7H5BrN2S/c8-5-1-4(9)2-6-7(5)10-3-11-6/h1-3H,9H2. The van der Waals surface area contributed by atoms with Crippen molar-refractivity contribution in [2.24, 2.45) is 0 Å². The molecule has 1 aromatic heterocycles. The second-order valence-electron chi connectivity index (χ2n) is 2.20. The molecule has 11 heavy (non-hydrogen) atoms. The summed E-state index contributed by atoms with van der Waals surface area (Å²) in [5, 5.41) is 0. The highest BCUT2D eigenvalue weighted by Crippen LogP contribution is 2.28. The fraction of sp³-hybridized carbons (Fsp3) is 0. The van der Waals surface area contributed by atoms with Crippen LogP contribution in [0.25, 0.3) is 10.2 Å². The van der Waals surface area contributed by atoms with Gasteiger partial charge in [-0.25, -0.2) is 4.98 Å². The Kier molecular flexibility index (Phi) is 1.58. The van der Waals surface area contributed by atoms with Crippen molar-refractivity contribution in [2.75, 3.05) is 5.73 Å². The van der Waals surface area contributed by atoms with Gasteiger partial charge in [0.1, 0.15) is 0 Å². The molecule has 2 aromatic rings. The summed E-state index contributed by atoms with van der Waals surface area (Å²) in [5.41, 5.74) is 9.21. The zero-order chi connectivity index (χ0) is 7.84. The fourth-order valence-corrected chi connectivity index (χ4v) is 2.41. The van der Waals surface area contributed by atoms with E-state index in [1.807, 2.05) is 17.6 Å². The summed E-state index contributed by atoms with van der Waals surface area (Å²) in [6, 6.07) is 3.79. The Morgan fingerprint density at radius 1 is 1.45 bits per heavy atom. The van der Waals surface area contributed by atoms with E-state index in [2.05, 4.69) is 20.9 Å². The molecule has 4 heteroatoms. The molecule has 0 radical (unpaired) electrons. The molecule has 2 nitrogen and oxygen atoms in total. The van der Waals surface area contributed by atoms with Crippen LogP contribution in [-0.2, 0) is 0 Å². The molecule has 0 bridgehead atoms. The predicted octanol–water partition coefficient (Wildman–Crippen LogP) is 2.64. The Morgan fingerprint density at radius 3 is 3.09 bits per heavy atom. The second-order valence-corrected chi connectivity index (χ2v) is 3.94. The van der Waals surface area contributed by atoms with Crippen LogP contribution >= 0.6 is 27.3 Å². The number of nitrogens with zero attached hydrogens (tertiary/aromatic N) is 1. The molecule has 0 unspecified atom stereocenters. The minimum atomic E-state index is 0.772. The highest BCUT2D eigenvalue weighted by molar-refractivity contribution is 9.10. The zero-order valence-corrected chi connectivity index (χ0v) is 7.95. The normalized spacial score (nSPS) is 10.6. The maximum Gasteiger partial charge on any atom is 0.0955 e. The highest BCUT2D eigenvalue weighted by atomic mass is 79.9. The first-order chi connectivity index (χ1) is 5.27. The van der Waals surface area contributed by atoms with Gasteiger partial charge in [0.25, 0.3) is 0 Å². The van der Waals surface area contributed by atoms with Crippen molar-refractivity contribution in [1.82, 2.24) is 4.98 Å². The van der Waals surface area contributed by atoms with Crippen LogP contribution in [0.4, 0.5) is 5.69 Å². The number of fused-ring (bicyclic) bond motifs is 1. The molecule has 2 rings (SSSR count). The molecular formula is C7H5BrN2S. The van der Waals surface area contributed by atoms with Crippen LogP contribution in [0.5, 0.6) is 0 Å². The molecule has 0 amide bonds. The lowest BCUT2D eigenvalue weighted by atomic mass is 10.3. The quantitative estimate of drug-likeness (QED) is 0.705. The Balaban J connectivity index is 2.91. The van der Waals surface area contributed by atoms with Crippen molar-refractivity contribution in [3.63, 3.8) is 0 Å². The van der Waals surface area contributed by atoms with Crippen molar-refractivity contribution in [1.29, 1.82) is 0 Å². The molecule has 0 atom stereocenters. The summed E-state index contributed by atoms with van der Waals surface area (Å²) in [4.78, 5) is 4.18. The maximum absolute atomic E-state index is 5.63. The molecule has 0 saturated carbocycles. The first kappa shape index (κ1) is 7.06. The molecule has 0 saturated heterocycles. The monoisotopic (exact) mass is 228 g/mol. The van der Waals surface area contributed by atoms with Crippen LogP contribution in [0.2, 0.25) is 0 Å². The van der Waals surface area contributed by atoms with Crippen molar-refractivity contribution in [3.05, 3.63) is 22.1 Å². The number of nitrogens with two attached hydrogens (primary N) is 1. The van der Waals surface area contributed by atoms with Gasteiger partial charge in [-0.2, -0.15) is 0 Å². The number of rotatable bonds is 0. The molecule has 1 heterocycles. The van der Waals surface area contributed by atoms with Crippen LogP contribution in [0, 0.1) is 0 Å². The minimum absolute atomic E-state index is 0.772. The molecule has 0 spiro atoms. The van der Waals surface area contributed by atoms with Crippen LogP contribution in [0.1, 0.15) is 0 Å². The Bertz CT molecular complexity index is 396. The fourth-order valence-electron chi connectivity index (χ4n) is 0.945. The average molecular weight is 229 g/mol. The average Bonchev–Trinajstić information content (AvgIpc) is 2.34. The number of hydrogen-bond donors (Lipinski definition) is 1. The van der Waals surface area contributed by atoms with E-state index in [-0.39, 0.29) is 0 Å². The summed E-state index contributed by atoms with van der Waals surface area (Å²) < 4.78 is 2.09. The number of halogens is 1. The number of hydrogen-bond acceptors (Lipinski definition) is 3. The lowest BCUT2D eigenvalue weighted by molar-refractivity contribution is 1.48. The van der Waals surface area contributed by atoms with Crippen LogP contribution in [0.3, 0.4) is 0 Å². The molecule has 0 fully saturated rings. The molecular weight excluding hydrogens is 224 g/mol. The van der Waals surface area contributed by atoms with Crippen molar-refractivity contribution in [2.45, 2.75) is 0 Å². The number of thiazole rings is 1. The van der Waals surface area contributed by atoms with E-state index in [0.717, 1.165) is 20.4 Å². The molecule has 2 N–H and O–H groups in total.